The highest BCUT2D eigenvalue weighted by Crippen LogP contribution is 2.30. The molecule has 3 rings (SSSR count). The molecule has 2 aromatic heterocycles. The van der Waals surface area contributed by atoms with Gasteiger partial charge in [0.25, 0.3) is 0 Å². The highest BCUT2D eigenvalue weighted by molar-refractivity contribution is 6.30. The molecule has 21 heavy (non-hydrogen) atoms. The Morgan fingerprint density at radius 2 is 2.19 bits per heavy atom. The van der Waals surface area contributed by atoms with Crippen molar-refractivity contribution in [3.8, 4) is 0 Å². The van der Waals surface area contributed by atoms with E-state index in [4.69, 9.17) is 17.4 Å². The van der Waals surface area contributed by atoms with Crippen molar-refractivity contribution in [1.82, 2.24) is 15.4 Å². The van der Waals surface area contributed by atoms with Crippen molar-refractivity contribution in [2.45, 2.75) is 6.54 Å². The van der Waals surface area contributed by atoms with Crippen LogP contribution in [0.1, 0.15) is 16.1 Å². The summed E-state index contributed by atoms with van der Waals surface area (Å²) >= 11 is 5.96. The van der Waals surface area contributed by atoms with E-state index in [1.54, 1.807) is 18.3 Å². The third-order valence-electron chi connectivity index (χ3n) is 3.18. The lowest BCUT2D eigenvalue weighted by molar-refractivity contribution is 0.0697. The van der Waals surface area contributed by atoms with Crippen molar-refractivity contribution < 1.29 is 9.90 Å². The second-order valence-electron chi connectivity index (χ2n) is 4.37. The zero-order chi connectivity index (χ0) is 14.3. The first-order valence-electron chi connectivity index (χ1n) is 5.88. The summed E-state index contributed by atoms with van der Waals surface area (Å²) in [5, 5.41) is 12.1. The molecular weight excluding hydrogens is 315 g/mol. The molecule has 8 heteroatoms. The molecule has 0 unspecified atom stereocenters. The number of hydrogen-bond donors (Lipinski definition) is 4. The first-order chi connectivity index (χ1) is 9.61. The molecule has 0 radical (unpaired) electrons. The molecular formula is C13H12Cl2N4O2. The summed E-state index contributed by atoms with van der Waals surface area (Å²) in [6, 6.07) is 5.31. The molecule has 0 saturated carbocycles. The van der Waals surface area contributed by atoms with Crippen LogP contribution in [0.2, 0.25) is 5.15 Å². The van der Waals surface area contributed by atoms with Crippen LogP contribution in [-0.2, 0) is 6.54 Å². The molecule has 6 nitrogen and oxygen atoms in total. The van der Waals surface area contributed by atoms with Crippen molar-refractivity contribution >= 4 is 51.7 Å². The predicted molar refractivity (Wildman–Crippen MR) is 83.8 cm³/mol. The molecule has 0 saturated heterocycles. The maximum atomic E-state index is 11.4. The van der Waals surface area contributed by atoms with Crippen LogP contribution in [-0.4, -0.2) is 21.0 Å². The Morgan fingerprint density at radius 1 is 1.43 bits per heavy atom. The fourth-order valence-corrected chi connectivity index (χ4v) is 2.51. The average molecular weight is 327 g/mol. The van der Waals surface area contributed by atoms with Crippen LogP contribution < -0.4 is 11.3 Å². The summed E-state index contributed by atoms with van der Waals surface area (Å²) < 4.78 is 0. The molecule has 0 atom stereocenters. The molecule has 0 amide bonds. The number of aromatic amines is 1. The van der Waals surface area contributed by atoms with Crippen molar-refractivity contribution in [3.63, 3.8) is 0 Å². The second kappa shape index (κ2) is 5.87. The van der Waals surface area contributed by atoms with Crippen LogP contribution in [0.5, 0.6) is 0 Å². The van der Waals surface area contributed by atoms with E-state index in [1.165, 1.54) is 0 Å². The van der Waals surface area contributed by atoms with Gasteiger partial charge in [-0.3, -0.25) is 11.3 Å². The predicted octanol–water partition coefficient (Wildman–Crippen LogP) is 2.45. The van der Waals surface area contributed by atoms with E-state index in [-0.39, 0.29) is 24.5 Å². The average Bonchev–Trinajstić information content (AvgIpc) is 2.77. The van der Waals surface area contributed by atoms with Gasteiger partial charge in [0.1, 0.15) is 5.15 Å². The van der Waals surface area contributed by atoms with Crippen LogP contribution in [0, 0.1) is 0 Å². The lowest BCUT2D eigenvalue weighted by atomic mass is 10.1. The van der Waals surface area contributed by atoms with Gasteiger partial charge in [-0.25, -0.2) is 9.78 Å². The fraction of sp³-hybridized carbons (Fsp3) is 0.0769. The number of H-pyrrole nitrogens is 1. The SMILES string of the molecule is Cl.NNCc1nc2c(ccc3c[nH]c(Cl)cc32)c1C(=O)O. The third-order valence-corrected chi connectivity index (χ3v) is 3.39. The normalized spacial score (nSPS) is 10.8. The zero-order valence-corrected chi connectivity index (χ0v) is 12.3. The summed E-state index contributed by atoms with van der Waals surface area (Å²) in [5.74, 6) is 4.26. The number of nitrogens with one attached hydrogen (secondary N) is 2. The monoisotopic (exact) mass is 326 g/mol. The summed E-state index contributed by atoms with van der Waals surface area (Å²) in [4.78, 5) is 18.7. The Morgan fingerprint density at radius 3 is 2.86 bits per heavy atom. The second-order valence-corrected chi connectivity index (χ2v) is 4.77. The van der Waals surface area contributed by atoms with Gasteiger partial charge >= 0.3 is 5.97 Å². The quantitative estimate of drug-likeness (QED) is 0.336. The highest BCUT2D eigenvalue weighted by atomic mass is 35.5. The first kappa shape index (κ1) is 15.5. The van der Waals surface area contributed by atoms with Crippen LogP contribution in [0.15, 0.2) is 24.4 Å². The van der Waals surface area contributed by atoms with Gasteiger partial charge in [0.2, 0.25) is 0 Å². The van der Waals surface area contributed by atoms with E-state index in [9.17, 15) is 9.90 Å². The number of nitrogens with two attached hydrogens (primary N) is 1. The van der Waals surface area contributed by atoms with Gasteiger partial charge in [0.15, 0.2) is 0 Å². The Kier molecular flexibility index (Phi) is 4.34. The largest absolute Gasteiger partial charge is 0.478 e. The first-order valence-corrected chi connectivity index (χ1v) is 6.25. The van der Waals surface area contributed by atoms with E-state index in [0.717, 1.165) is 10.8 Å². The summed E-state index contributed by atoms with van der Waals surface area (Å²) in [6.07, 6.45) is 1.76. The van der Waals surface area contributed by atoms with Crippen molar-refractivity contribution in [2.75, 3.05) is 0 Å². The molecule has 110 valence electrons. The summed E-state index contributed by atoms with van der Waals surface area (Å²) in [5.41, 5.74) is 3.63. The molecule has 0 aliphatic carbocycles. The topological polar surface area (TPSA) is 104 Å². The van der Waals surface area contributed by atoms with Crippen LogP contribution in [0.25, 0.3) is 21.7 Å². The third kappa shape index (κ3) is 2.54. The Bertz CT molecular complexity index is 832. The van der Waals surface area contributed by atoms with Crippen LogP contribution >= 0.6 is 24.0 Å². The lowest BCUT2D eigenvalue weighted by Crippen LogP contribution is -2.22. The summed E-state index contributed by atoms with van der Waals surface area (Å²) in [6.45, 7) is 0.185. The van der Waals surface area contributed by atoms with E-state index in [2.05, 4.69) is 15.4 Å². The number of hydrogen-bond acceptors (Lipinski definition) is 4. The van der Waals surface area contributed by atoms with E-state index < -0.39 is 5.97 Å². The summed E-state index contributed by atoms with van der Waals surface area (Å²) in [7, 11) is 0. The minimum atomic E-state index is -1.02. The van der Waals surface area contributed by atoms with Crippen LogP contribution in [0.4, 0.5) is 0 Å². The van der Waals surface area contributed by atoms with Gasteiger partial charge < -0.3 is 10.1 Å². The van der Waals surface area contributed by atoms with Gasteiger partial charge in [0.05, 0.1) is 23.3 Å². The number of aromatic nitrogens is 2. The molecule has 0 fully saturated rings. The number of carbonyl (C=O) groups is 1. The van der Waals surface area contributed by atoms with E-state index in [1.807, 2.05) is 6.07 Å². The zero-order valence-electron chi connectivity index (χ0n) is 10.7. The molecule has 0 aliphatic rings. The maximum absolute atomic E-state index is 11.4. The highest BCUT2D eigenvalue weighted by Gasteiger charge is 2.19. The number of halogens is 2. The Labute approximate surface area is 130 Å². The molecule has 0 aliphatic heterocycles. The minimum absolute atomic E-state index is 0. The molecule has 0 bridgehead atoms. The van der Waals surface area contributed by atoms with Gasteiger partial charge in [-0.2, -0.15) is 0 Å². The van der Waals surface area contributed by atoms with E-state index in [0.29, 0.717) is 21.7 Å². The number of fused-ring (bicyclic) bond motifs is 3. The number of carboxylic acid groups (broad SMARTS) is 1. The molecule has 5 N–H and O–H groups in total. The smallest absolute Gasteiger partial charge is 0.338 e. The Balaban J connectivity index is 0.00000161. The Hall–Kier alpha value is -1.86. The van der Waals surface area contributed by atoms with Gasteiger partial charge in [-0.05, 0) is 6.07 Å². The maximum Gasteiger partial charge on any atom is 0.338 e. The fourth-order valence-electron chi connectivity index (χ4n) is 2.35. The van der Waals surface area contributed by atoms with Crippen molar-refractivity contribution in [2.24, 2.45) is 5.84 Å². The lowest BCUT2D eigenvalue weighted by Gasteiger charge is -2.00. The molecule has 1 aromatic carbocycles. The number of rotatable bonds is 3. The van der Waals surface area contributed by atoms with Gasteiger partial charge in [-0.15, -0.1) is 12.4 Å². The van der Waals surface area contributed by atoms with Gasteiger partial charge in [0, 0.05) is 22.4 Å². The molecule has 3 aromatic rings. The molecule has 2 heterocycles. The standard InChI is InChI=1S/C13H11ClN4O2.ClH/c14-10-3-8-6(4-16-10)1-2-7-11(13(19)20)9(5-17-15)18-12(7)8;/h1-4,16-17H,5,15H2,(H,19,20);1H. The van der Waals surface area contributed by atoms with Crippen LogP contribution in [0.3, 0.4) is 0 Å². The number of carboxylic acids is 1. The minimum Gasteiger partial charge on any atom is -0.478 e. The van der Waals surface area contributed by atoms with Crippen molar-refractivity contribution in [1.29, 1.82) is 0 Å². The number of aromatic carboxylic acids is 1. The van der Waals surface area contributed by atoms with Crippen molar-refractivity contribution in [3.05, 3.63) is 40.8 Å². The number of hydrazine groups is 1. The molecule has 0 spiro atoms. The van der Waals surface area contributed by atoms with E-state index >= 15 is 0 Å². The number of benzene rings is 1. The number of pyridine rings is 1. The van der Waals surface area contributed by atoms with Gasteiger partial charge in [-0.1, -0.05) is 23.7 Å². The number of nitrogens with zero attached hydrogens (tertiary/aromatic N) is 1.